The number of amides is 1. The lowest BCUT2D eigenvalue weighted by Crippen LogP contribution is -2.26. The van der Waals surface area contributed by atoms with Crippen LogP contribution >= 0.6 is 11.6 Å². The van der Waals surface area contributed by atoms with Crippen LogP contribution in [0.4, 0.5) is 0 Å². The van der Waals surface area contributed by atoms with E-state index in [4.69, 9.17) is 16.7 Å². The first-order valence-electron chi connectivity index (χ1n) is 5.66. The van der Waals surface area contributed by atoms with E-state index >= 15 is 0 Å². The fourth-order valence-electron chi connectivity index (χ4n) is 1.77. The largest absolute Gasteiger partial charge is 0.396 e. The molecule has 0 aliphatic heterocycles. The van der Waals surface area contributed by atoms with E-state index in [2.05, 4.69) is 10.3 Å². The molecule has 2 aromatic rings. The number of carbonyl (C=O) groups excluding carboxylic acids is 1. The topological polar surface area (TPSA) is 66.6 Å². The molecule has 0 aliphatic carbocycles. The van der Waals surface area contributed by atoms with Crippen LogP contribution in [-0.2, 0) is 0 Å². The number of hydrogen-bond acceptors (Lipinski definition) is 3. The molecule has 2 aromatic heterocycles. The van der Waals surface area contributed by atoms with Crippen LogP contribution in [0.15, 0.2) is 18.3 Å². The highest BCUT2D eigenvalue weighted by Gasteiger charge is 2.16. The van der Waals surface area contributed by atoms with Gasteiger partial charge in [-0.1, -0.05) is 11.6 Å². The van der Waals surface area contributed by atoms with Gasteiger partial charge < -0.3 is 10.4 Å². The molecule has 2 rings (SSSR count). The number of fused-ring (bicyclic) bond motifs is 1. The summed E-state index contributed by atoms with van der Waals surface area (Å²) in [5, 5.41) is 12.0. The average Bonchev–Trinajstić information content (AvgIpc) is 2.64. The van der Waals surface area contributed by atoms with Gasteiger partial charge in [0.15, 0.2) is 0 Å². The van der Waals surface area contributed by atoms with E-state index in [1.165, 1.54) is 0 Å². The van der Waals surface area contributed by atoms with E-state index in [1.54, 1.807) is 29.7 Å². The van der Waals surface area contributed by atoms with Gasteiger partial charge >= 0.3 is 0 Å². The second-order valence-electron chi connectivity index (χ2n) is 3.95. The minimum Gasteiger partial charge on any atom is -0.396 e. The highest BCUT2D eigenvalue weighted by Crippen LogP contribution is 2.16. The zero-order valence-electron chi connectivity index (χ0n) is 9.98. The molecule has 0 spiro atoms. The fourth-order valence-corrected chi connectivity index (χ4v) is 1.94. The molecule has 0 bridgehead atoms. The second-order valence-corrected chi connectivity index (χ2v) is 4.39. The standard InChI is InChI=1S/C12H14ClN3O2/c1-8-11(12(18)14-5-2-6-17)16-7-9(13)3-4-10(16)15-8/h3-4,7,17H,2,5-6H2,1H3,(H,14,18). The maximum absolute atomic E-state index is 12.0. The fraction of sp³-hybridized carbons (Fsp3) is 0.333. The van der Waals surface area contributed by atoms with E-state index in [0.29, 0.717) is 35.0 Å². The summed E-state index contributed by atoms with van der Waals surface area (Å²) in [5.41, 5.74) is 1.81. The van der Waals surface area contributed by atoms with Crippen LogP contribution in [0.2, 0.25) is 5.02 Å². The number of hydrogen-bond donors (Lipinski definition) is 2. The third-order valence-corrected chi connectivity index (χ3v) is 2.82. The van der Waals surface area contributed by atoms with Gasteiger partial charge in [0.1, 0.15) is 11.3 Å². The molecule has 0 atom stereocenters. The molecule has 0 aliphatic rings. The molecule has 5 nitrogen and oxygen atoms in total. The molecule has 0 radical (unpaired) electrons. The number of carbonyl (C=O) groups is 1. The number of halogens is 1. The van der Waals surface area contributed by atoms with E-state index in [0.717, 1.165) is 0 Å². The SMILES string of the molecule is Cc1nc2ccc(Cl)cn2c1C(=O)NCCCO. The molecular weight excluding hydrogens is 254 g/mol. The van der Waals surface area contributed by atoms with Crippen molar-refractivity contribution in [3.8, 4) is 0 Å². The molecule has 0 fully saturated rings. The number of aliphatic hydroxyl groups is 1. The molecule has 0 unspecified atom stereocenters. The van der Waals surface area contributed by atoms with Crippen molar-refractivity contribution in [3.05, 3.63) is 34.7 Å². The predicted molar refractivity (Wildman–Crippen MR) is 69.0 cm³/mol. The Morgan fingerprint density at radius 3 is 3.06 bits per heavy atom. The van der Waals surface area contributed by atoms with E-state index < -0.39 is 0 Å². The van der Waals surface area contributed by atoms with Crippen molar-refractivity contribution in [1.82, 2.24) is 14.7 Å². The van der Waals surface area contributed by atoms with Gasteiger partial charge in [-0.15, -0.1) is 0 Å². The Morgan fingerprint density at radius 2 is 2.33 bits per heavy atom. The lowest BCUT2D eigenvalue weighted by Gasteiger charge is -2.05. The Balaban J connectivity index is 2.34. The minimum absolute atomic E-state index is 0.0538. The van der Waals surface area contributed by atoms with Gasteiger partial charge in [0.2, 0.25) is 0 Å². The van der Waals surface area contributed by atoms with Crippen LogP contribution in [0, 0.1) is 6.92 Å². The number of imidazole rings is 1. The van der Waals surface area contributed by atoms with Crippen molar-refractivity contribution in [2.24, 2.45) is 0 Å². The number of nitrogens with zero attached hydrogens (tertiary/aromatic N) is 2. The zero-order chi connectivity index (χ0) is 13.1. The molecule has 0 saturated carbocycles. The Labute approximate surface area is 109 Å². The minimum atomic E-state index is -0.212. The number of nitrogens with one attached hydrogen (secondary N) is 1. The lowest BCUT2D eigenvalue weighted by molar-refractivity contribution is 0.0944. The van der Waals surface area contributed by atoms with E-state index in [-0.39, 0.29) is 12.5 Å². The Bertz CT molecular complexity index is 580. The number of rotatable bonds is 4. The van der Waals surface area contributed by atoms with Crippen molar-refractivity contribution >= 4 is 23.2 Å². The first-order valence-corrected chi connectivity index (χ1v) is 6.04. The zero-order valence-corrected chi connectivity index (χ0v) is 10.7. The van der Waals surface area contributed by atoms with Crippen LogP contribution < -0.4 is 5.32 Å². The molecule has 0 aromatic carbocycles. The summed E-state index contributed by atoms with van der Waals surface area (Å²) in [7, 11) is 0. The van der Waals surface area contributed by atoms with Crippen molar-refractivity contribution in [1.29, 1.82) is 0 Å². The monoisotopic (exact) mass is 267 g/mol. The van der Waals surface area contributed by atoms with Crippen LogP contribution in [0.3, 0.4) is 0 Å². The van der Waals surface area contributed by atoms with Gasteiger partial charge in [-0.25, -0.2) is 4.98 Å². The molecule has 2 heterocycles. The normalized spacial score (nSPS) is 10.8. The van der Waals surface area contributed by atoms with Crippen molar-refractivity contribution in [3.63, 3.8) is 0 Å². The van der Waals surface area contributed by atoms with Gasteiger partial charge in [0.25, 0.3) is 5.91 Å². The van der Waals surface area contributed by atoms with Crippen LogP contribution in [0.25, 0.3) is 5.65 Å². The number of aryl methyl sites for hydroxylation is 1. The third kappa shape index (κ3) is 2.47. The summed E-state index contributed by atoms with van der Waals surface area (Å²) in [6.45, 7) is 2.27. The Morgan fingerprint density at radius 1 is 1.56 bits per heavy atom. The molecule has 1 amide bonds. The lowest BCUT2D eigenvalue weighted by atomic mass is 10.3. The number of aromatic nitrogens is 2. The molecule has 96 valence electrons. The summed E-state index contributed by atoms with van der Waals surface area (Å²) in [6.07, 6.45) is 2.19. The van der Waals surface area contributed by atoms with Crippen LogP contribution in [-0.4, -0.2) is 33.6 Å². The Hall–Kier alpha value is -1.59. The maximum atomic E-state index is 12.0. The molecular formula is C12H14ClN3O2. The highest BCUT2D eigenvalue weighted by atomic mass is 35.5. The Kier molecular flexibility index (Phi) is 3.84. The number of pyridine rings is 1. The summed E-state index contributed by atoms with van der Waals surface area (Å²) in [5.74, 6) is -0.212. The summed E-state index contributed by atoms with van der Waals surface area (Å²) < 4.78 is 1.67. The molecule has 6 heteroatoms. The van der Waals surface area contributed by atoms with Crippen LogP contribution in [0.5, 0.6) is 0 Å². The smallest absolute Gasteiger partial charge is 0.270 e. The van der Waals surface area contributed by atoms with E-state index in [1.807, 2.05) is 0 Å². The summed E-state index contributed by atoms with van der Waals surface area (Å²) in [6, 6.07) is 3.50. The van der Waals surface area contributed by atoms with Crippen molar-refractivity contribution in [2.45, 2.75) is 13.3 Å². The maximum Gasteiger partial charge on any atom is 0.270 e. The van der Waals surface area contributed by atoms with Gasteiger partial charge in [0.05, 0.1) is 10.7 Å². The average molecular weight is 268 g/mol. The predicted octanol–water partition coefficient (Wildman–Crippen LogP) is 1.41. The third-order valence-electron chi connectivity index (χ3n) is 2.59. The second kappa shape index (κ2) is 5.37. The van der Waals surface area contributed by atoms with Gasteiger partial charge in [-0.05, 0) is 25.5 Å². The highest BCUT2D eigenvalue weighted by molar-refractivity contribution is 6.30. The van der Waals surface area contributed by atoms with Crippen molar-refractivity contribution < 1.29 is 9.90 Å². The quantitative estimate of drug-likeness (QED) is 0.823. The first-order chi connectivity index (χ1) is 8.63. The van der Waals surface area contributed by atoms with Crippen molar-refractivity contribution in [2.75, 3.05) is 13.2 Å². The van der Waals surface area contributed by atoms with Crippen LogP contribution in [0.1, 0.15) is 22.6 Å². The summed E-state index contributed by atoms with van der Waals surface area (Å²) in [4.78, 5) is 16.3. The summed E-state index contributed by atoms with van der Waals surface area (Å²) >= 11 is 5.92. The first kappa shape index (κ1) is 12.9. The molecule has 2 N–H and O–H groups in total. The van der Waals surface area contributed by atoms with Gasteiger partial charge in [0, 0.05) is 19.3 Å². The van der Waals surface area contributed by atoms with Gasteiger partial charge in [-0.2, -0.15) is 0 Å². The molecule has 0 saturated heterocycles. The van der Waals surface area contributed by atoms with E-state index in [9.17, 15) is 4.79 Å². The number of aliphatic hydroxyl groups excluding tert-OH is 1. The van der Waals surface area contributed by atoms with Gasteiger partial charge in [-0.3, -0.25) is 9.20 Å². The molecule has 18 heavy (non-hydrogen) atoms.